The summed E-state index contributed by atoms with van der Waals surface area (Å²) in [6.45, 7) is 1.16. The molecule has 7 N–H and O–H groups in total. The predicted molar refractivity (Wildman–Crippen MR) is 65.5 cm³/mol. The van der Waals surface area contributed by atoms with E-state index >= 15 is 0 Å². The lowest BCUT2D eigenvalue weighted by molar-refractivity contribution is 0.368. The Hall–Kier alpha value is -1.22. The van der Waals surface area contributed by atoms with Crippen LogP contribution in [0, 0.1) is 0 Å². The lowest BCUT2D eigenvalue weighted by Gasteiger charge is -2.16. The highest BCUT2D eigenvalue weighted by Gasteiger charge is 2.18. The van der Waals surface area contributed by atoms with E-state index < -0.39 is 0 Å². The second kappa shape index (κ2) is 6.38. The van der Waals surface area contributed by atoms with Crippen molar-refractivity contribution in [1.82, 2.24) is 15.4 Å². The topological polar surface area (TPSA) is 119 Å². The Morgan fingerprint density at radius 2 is 2.50 bits per heavy atom. The van der Waals surface area contributed by atoms with Crippen LogP contribution in [0.3, 0.4) is 0 Å². The molecule has 0 aliphatic carbocycles. The van der Waals surface area contributed by atoms with Crippen LogP contribution in [0.2, 0.25) is 0 Å². The minimum Gasteiger partial charge on any atom is -0.384 e. The van der Waals surface area contributed by atoms with E-state index in [1.54, 1.807) is 13.2 Å². The standard InChI is InChI=1S/C8H17N7S/c1-15(11)14-7(10)6(12-3-2-9)8-13-4-5-16-8/h4-6,12H,2-3,9,11H2,1H3,(H2,10,14). The minimum atomic E-state index is -0.241. The van der Waals surface area contributed by atoms with E-state index in [1.165, 1.54) is 16.5 Å². The van der Waals surface area contributed by atoms with E-state index in [9.17, 15) is 0 Å². The smallest absolute Gasteiger partial charge is 0.145 e. The van der Waals surface area contributed by atoms with E-state index in [1.807, 2.05) is 5.38 Å². The third kappa shape index (κ3) is 3.74. The van der Waals surface area contributed by atoms with Crippen molar-refractivity contribution >= 4 is 17.2 Å². The highest BCUT2D eigenvalue weighted by molar-refractivity contribution is 7.09. The molecule has 8 heteroatoms. The van der Waals surface area contributed by atoms with Crippen LogP contribution >= 0.6 is 11.3 Å². The van der Waals surface area contributed by atoms with Gasteiger partial charge in [0.25, 0.3) is 0 Å². The normalized spacial score (nSPS) is 13.8. The van der Waals surface area contributed by atoms with Gasteiger partial charge in [-0.2, -0.15) is 0 Å². The number of hydrogen-bond acceptors (Lipinski definition) is 7. The van der Waals surface area contributed by atoms with Gasteiger partial charge in [-0.3, -0.25) is 0 Å². The van der Waals surface area contributed by atoms with Crippen LogP contribution in [0.25, 0.3) is 0 Å². The molecule has 0 fully saturated rings. The van der Waals surface area contributed by atoms with Gasteiger partial charge in [0.15, 0.2) is 0 Å². The molecule has 0 spiro atoms. The SMILES string of the molecule is CN(N)/N=C(\N)C(NCCN)c1nccs1. The van der Waals surface area contributed by atoms with Crippen molar-refractivity contribution in [2.24, 2.45) is 22.4 Å². The van der Waals surface area contributed by atoms with Crippen molar-refractivity contribution in [3.8, 4) is 0 Å². The van der Waals surface area contributed by atoms with Gasteiger partial charge in [0.1, 0.15) is 16.9 Å². The first-order chi connectivity index (χ1) is 7.65. The number of nitrogens with one attached hydrogen (secondary N) is 1. The summed E-state index contributed by atoms with van der Waals surface area (Å²) >= 11 is 1.50. The third-order valence-corrected chi connectivity index (χ3v) is 2.60. The molecule has 1 heterocycles. The monoisotopic (exact) mass is 243 g/mol. The van der Waals surface area contributed by atoms with E-state index in [0.717, 1.165) is 5.01 Å². The molecule has 0 aliphatic heterocycles. The Labute approximate surface area is 98.3 Å². The van der Waals surface area contributed by atoms with Gasteiger partial charge in [-0.15, -0.1) is 16.4 Å². The van der Waals surface area contributed by atoms with Crippen LogP contribution in [-0.4, -0.2) is 36.1 Å². The van der Waals surface area contributed by atoms with Gasteiger partial charge in [0.05, 0.1) is 0 Å². The van der Waals surface area contributed by atoms with Crippen LogP contribution in [-0.2, 0) is 0 Å². The molecule has 16 heavy (non-hydrogen) atoms. The zero-order chi connectivity index (χ0) is 12.0. The van der Waals surface area contributed by atoms with Crippen molar-refractivity contribution in [3.63, 3.8) is 0 Å². The maximum Gasteiger partial charge on any atom is 0.145 e. The Morgan fingerprint density at radius 3 is 3.00 bits per heavy atom. The summed E-state index contributed by atoms with van der Waals surface area (Å²) in [6.07, 6.45) is 1.72. The first-order valence-corrected chi connectivity index (χ1v) is 5.68. The largest absolute Gasteiger partial charge is 0.384 e. The molecule has 0 saturated heterocycles. The van der Waals surface area contributed by atoms with Crippen molar-refractivity contribution in [3.05, 3.63) is 16.6 Å². The molecule has 0 amide bonds. The summed E-state index contributed by atoms with van der Waals surface area (Å²) in [4.78, 5) is 4.19. The average molecular weight is 243 g/mol. The highest BCUT2D eigenvalue weighted by Crippen LogP contribution is 2.15. The number of hydrogen-bond donors (Lipinski definition) is 4. The van der Waals surface area contributed by atoms with Gasteiger partial charge in [-0.25, -0.2) is 15.9 Å². The minimum absolute atomic E-state index is 0.241. The summed E-state index contributed by atoms with van der Waals surface area (Å²) in [5.41, 5.74) is 11.3. The first-order valence-electron chi connectivity index (χ1n) is 4.80. The Balaban J connectivity index is 2.79. The maximum atomic E-state index is 5.84. The number of amidine groups is 1. The molecule has 0 saturated carbocycles. The lowest BCUT2D eigenvalue weighted by atomic mass is 10.3. The molecule has 1 aromatic heterocycles. The quantitative estimate of drug-likeness (QED) is 0.216. The number of nitrogens with zero attached hydrogens (tertiary/aromatic N) is 3. The Morgan fingerprint density at radius 1 is 1.75 bits per heavy atom. The highest BCUT2D eigenvalue weighted by atomic mass is 32.1. The van der Waals surface area contributed by atoms with Crippen LogP contribution < -0.4 is 22.6 Å². The first kappa shape index (κ1) is 12.8. The van der Waals surface area contributed by atoms with Gasteiger partial charge >= 0.3 is 0 Å². The van der Waals surface area contributed by atoms with E-state index in [4.69, 9.17) is 17.3 Å². The third-order valence-electron chi connectivity index (χ3n) is 1.76. The molecule has 1 aromatic rings. The molecule has 0 aromatic carbocycles. The average Bonchev–Trinajstić information content (AvgIpc) is 2.70. The zero-order valence-electron chi connectivity index (χ0n) is 9.13. The van der Waals surface area contributed by atoms with Crippen molar-refractivity contribution in [2.45, 2.75) is 6.04 Å². The zero-order valence-corrected chi connectivity index (χ0v) is 9.94. The van der Waals surface area contributed by atoms with E-state index in [2.05, 4.69) is 15.4 Å². The molecule has 1 rings (SSSR count). The Bertz CT molecular complexity index is 321. The molecule has 1 atom stereocenters. The van der Waals surface area contributed by atoms with Crippen LogP contribution in [0.5, 0.6) is 0 Å². The van der Waals surface area contributed by atoms with Crippen molar-refractivity contribution in [2.75, 3.05) is 20.1 Å². The van der Waals surface area contributed by atoms with Gasteiger partial charge in [0, 0.05) is 31.7 Å². The molecule has 0 bridgehead atoms. The summed E-state index contributed by atoms with van der Waals surface area (Å²) in [5.74, 6) is 5.78. The van der Waals surface area contributed by atoms with Crippen LogP contribution in [0.15, 0.2) is 16.7 Å². The molecular weight excluding hydrogens is 226 g/mol. The number of nitrogens with two attached hydrogens (primary N) is 3. The Kier molecular flexibility index (Phi) is 5.12. The second-order valence-corrected chi connectivity index (χ2v) is 4.07. The lowest BCUT2D eigenvalue weighted by Crippen LogP contribution is -2.38. The number of hydrazone groups is 1. The van der Waals surface area contributed by atoms with E-state index in [-0.39, 0.29) is 6.04 Å². The molecular formula is C8H17N7S. The van der Waals surface area contributed by atoms with Gasteiger partial charge in [-0.1, -0.05) is 0 Å². The molecule has 0 radical (unpaired) electrons. The van der Waals surface area contributed by atoms with Crippen LogP contribution in [0.1, 0.15) is 11.0 Å². The number of rotatable bonds is 6. The fourth-order valence-corrected chi connectivity index (χ4v) is 1.89. The summed E-state index contributed by atoms with van der Waals surface area (Å²) < 4.78 is 0. The summed E-state index contributed by atoms with van der Waals surface area (Å²) in [6, 6.07) is -0.241. The number of thiazole rings is 1. The fraction of sp³-hybridized carbons (Fsp3) is 0.500. The van der Waals surface area contributed by atoms with Gasteiger partial charge in [0.2, 0.25) is 0 Å². The summed E-state index contributed by atoms with van der Waals surface area (Å²) in [5, 5.41) is 11.0. The molecule has 90 valence electrons. The summed E-state index contributed by atoms with van der Waals surface area (Å²) in [7, 11) is 1.61. The van der Waals surface area contributed by atoms with Gasteiger partial charge < -0.3 is 16.8 Å². The second-order valence-electron chi connectivity index (χ2n) is 3.14. The van der Waals surface area contributed by atoms with Crippen LogP contribution in [0.4, 0.5) is 0 Å². The molecule has 7 nitrogen and oxygen atoms in total. The molecule has 0 aliphatic rings. The fourth-order valence-electron chi connectivity index (χ4n) is 1.16. The van der Waals surface area contributed by atoms with E-state index in [0.29, 0.717) is 18.9 Å². The molecule has 1 unspecified atom stereocenters. The van der Waals surface area contributed by atoms with Crippen molar-refractivity contribution < 1.29 is 0 Å². The van der Waals surface area contributed by atoms with Crippen molar-refractivity contribution in [1.29, 1.82) is 0 Å². The predicted octanol–water partition coefficient (Wildman–Crippen LogP) is -1.19. The number of aromatic nitrogens is 1. The number of hydrazine groups is 1. The maximum absolute atomic E-state index is 5.84. The van der Waals surface area contributed by atoms with Gasteiger partial charge in [-0.05, 0) is 0 Å².